The van der Waals surface area contributed by atoms with Crippen LogP contribution in [-0.4, -0.2) is 75.5 Å². The molecule has 11 nitrogen and oxygen atoms in total. The normalized spacial score (nSPS) is 19.5. The number of fused-ring (bicyclic) bond motifs is 1. The average molecular weight is 653 g/mol. The van der Waals surface area contributed by atoms with Crippen molar-refractivity contribution < 1.29 is 52.3 Å². The number of carbonyl (C=O) groups excluding carboxylic acids is 4. The molecule has 11 heteroatoms. The molecule has 0 bridgehead atoms. The minimum absolute atomic E-state index is 0.0564. The Balaban J connectivity index is 0.977. The van der Waals surface area contributed by atoms with Crippen LogP contribution in [-0.2, 0) is 25.4 Å². The Morgan fingerprint density at radius 1 is 0.542 bits per heavy atom. The Labute approximate surface area is 276 Å². The van der Waals surface area contributed by atoms with Gasteiger partial charge in [0.2, 0.25) is 0 Å². The van der Waals surface area contributed by atoms with Crippen LogP contribution in [0.15, 0.2) is 97.1 Å². The molecule has 2 aliphatic heterocycles. The second-order valence-corrected chi connectivity index (χ2v) is 11.2. The quantitative estimate of drug-likeness (QED) is 0.125. The summed E-state index contributed by atoms with van der Waals surface area (Å²) in [6.07, 6.45) is -2.43. The maximum atomic E-state index is 12.9. The van der Waals surface area contributed by atoms with Gasteiger partial charge in [0.25, 0.3) is 0 Å². The molecule has 2 heterocycles. The van der Waals surface area contributed by atoms with Crippen molar-refractivity contribution >= 4 is 23.7 Å². The lowest BCUT2D eigenvalue weighted by Crippen LogP contribution is -2.36. The molecule has 0 unspecified atom stereocenters. The molecular formula is C37H32O11. The van der Waals surface area contributed by atoms with Crippen molar-refractivity contribution in [3.05, 3.63) is 125 Å². The van der Waals surface area contributed by atoms with Gasteiger partial charge >= 0.3 is 17.9 Å². The summed E-state index contributed by atoms with van der Waals surface area (Å²) in [5.74, 6) is -0.225. The standard InChI is InChI=1S/C37H32O11/c1-42-27-13-7-23(8-14-27)30(38)19-22-3-5-24(6-4-22)36(40)47-31-20-44-34-32(21-45-33(31)34)48-37(41)26-11-17-29(18-12-26)46-35(39)25-9-15-28(43-2)16-10-25/h3-18,31-34H,19-21H2,1-2H3/t31-,32+,33-,34-/m1/s1. The third-order valence-corrected chi connectivity index (χ3v) is 8.07. The fourth-order valence-corrected chi connectivity index (χ4v) is 5.42. The zero-order chi connectivity index (χ0) is 33.6. The highest BCUT2D eigenvalue weighted by Gasteiger charge is 2.51. The first-order chi connectivity index (χ1) is 23.3. The van der Waals surface area contributed by atoms with Gasteiger partial charge in [-0.3, -0.25) is 4.79 Å². The molecule has 2 saturated heterocycles. The van der Waals surface area contributed by atoms with Crippen LogP contribution in [0, 0.1) is 0 Å². The summed E-state index contributed by atoms with van der Waals surface area (Å²) in [6, 6.07) is 26.0. The molecule has 0 aromatic heterocycles. The first-order valence-electron chi connectivity index (χ1n) is 15.2. The van der Waals surface area contributed by atoms with Gasteiger partial charge in [0.1, 0.15) is 29.5 Å². The van der Waals surface area contributed by atoms with Crippen LogP contribution in [0.1, 0.15) is 47.0 Å². The number of rotatable bonds is 11. The molecule has 2 fully saturated rings. The Morgan fingerprint density at radius 3 is 1.40 bits per heavy atom. The molecule has 4 aromatic rings. The van der Waals surface area contributed by atoms with Gasteiger partial charge in [-0.05, 0) is 90.5 Å². The molecule has 0 saturated carbocycles. The fourth-order valence-electron chi connectivity index (χ4n) is 5.42. The number of ether oxygens (including phenoxy) is 7. The van der Waals surface area contributed by atoms with Crippen molar-refractivity contribution in [1.29, 1.82) is 0 Å². The maximum absolute atomic E-state index is 12.9. The molecule has 48 heavy (non-hydrogen) atoms. The lowest BCUT2D eigenvalue weighted by molar-refractivity contribution is -0.0287. The minimum atomic E-state index is -0.707. The van der Waals surface area contributed by atoms with E-state index in [0.29, 0.717) is 28.2 Å². The molecule has 0 radical (unpaired) electrons. The van der Waals surface area contributed by atoms with Gasteiger partial charge in [-0.25, -0.2) is 14.4 Å². The molecule has 0 spiro atoms. The Hall–Kier alpha value is -5.52. The van der Waals surface area contributed by atoms with E-state index in [-0.39, 0.29) is 36.7 Å². The summed E-state index contributed by atoms with van der Waals surface area (Å²) >= 11 is 0. The second-order valence-electron chi connectivity index (χ2n) is 11.2. The van der Waals surface area contributed by atoms with Crippen molar-refractivity contribution in [2.45, 2.75) is 30.8 Å². The number of methoxy groups -OCH3 is 2. The summed E-state index contributed by atoms with van der Waals surface area (Å²) in [4.78, 5) is 50.9. The fraction of sp³-hybridized carbons (Fsp3) is 0.243. The Morgan fingerprint density at radius 2 is 0.938 bits per heavy atom. The highest BCUT2D eigenvalue weighted by Crippen LogP contribution is 2.32. The van der Waals surface area contributed by atoms with Crippen molar-refractivity contribution in [3.63, 3.8) is 0 Å². The summed E-state index contributed by atoms with van der Waals surface area (Å²) in [6.45, 7) is 0.154. The summed E-state index contributed by atoms with van der Waals surface area (Å²) in [7, 11) is 3.10. The molecule has 0 N–H and O–H groups in total. The molecule has 0 aliphatic carbocycles. The maximum Gasteiger partial charge on any atom is 0.343 e. The molecule has 4 atom stereocenters. The molecule has 6 rings (SSSR count). The Kier molecular flexibility index (Phi) is 9.79. The van der Waals surface area contributed by atoms with Gasteiger partial charge in [0.05, 0.1) is 44.1 Å². The van der Waals surface area contributed by atoms with E-state index < -0.39 is 42.3 Å². The molecule has 4 aromatic carbocycles. The average Bonchev–Trinajstić information content (AvgIpc) is 3.71. The van der Waals surface area contributed by atoms with E-state index in [1.807, 2.05) is 0 Å². The van der Waals surface area contributed by atoms with E-state index in [4.69, 9.17) is 33.2 Å². The van der Waals surface area contributed by atoms with E-state index in [9.17, 15) is 19.2 Å². The molecular weight excluding hydrogens is 620 g/mol. The lowest BCUT2D eigenvalue weighted by atomic mass is 10.0. The van der Waals surface area contributed by atoms with E-state index in [1.165, 1.54) is 31.4 Å². The lowest BCUT2D eigenvalue weighted by Gasteiger charge is -2.17. The van der Waals surface area contributed by atoms with Crippen LogP contribution in [0.2, 0.25) is 0 Å². The topological polar surface area (TPSA) is 133 Å². The van der Waals surface area contributed by atoms with Crippen molar-refractivity contribution in [1.82, 2.24) is 0 Å². The first kappa shape index (κ1) is 32.4. The van der Waals surface area contributed by atoms with Crippen molar-refractivity contribution in [2.75, 3.05) is 27.4 Å². The highest BCUT2D eigenvalue weighted by atomic mass is 16.7. The van der Waals surface area contributed by atoms with Crippen LogP contribution in [0.4, 0.5) is 0 Å². The zero-order valence-corrected chi connectivity index (χ0v) is 26.2. The predicted octanol–water partition coefficient (Wildman–Crippen LogP) is 4.90. The van der Waals surface area contributed by atoms with Gasteiger partial charge in [0, 0.05) is 12.0 Å². The molecule has 246 valence electrons. The number of carbonyl (C=O) groups is 4. The molecule has 2 aliphatic rings. The van der Waals surface area contributed by atoms with Gasteiger partial charge < -0.3 is 33.2 Å². The van der Waals surface area contributed by atoms with E-state index in [1.54, 1.807) is 79.9 Å². The van der Waals surface area contributed by atoms with Gasteiger partial charge in [0.15, 0.2) is 18.0 Å². The van der Waals surface area contributed by atoms with E-state index in [0.717, 1.165) is 5.56 Å². The van der Waals surface area contributed by atoms with Gasteiger partial charge in [-0.15, -0.1) is 0 Å². The first-order valence-corrected chi connectivity index (χ1v) is 15.2. The van der Waals surface area contributed by atoms with Crippen molar-refractivity contribution in [3.8, 4) is 17.2 Å². The predicted molar refractivity (Wildman–Crippen MR) is 170 cm³/mol. The SMILES string of the molecule is COc1ccc(C(=O)Cc2ccc(C(=O)O[C@@H]3CO[C@H]4[C@@H]3OC[C@@H]4OC(=O)c3ccc(OC(=O)c4ccc(OC)cc4)cc3)cc2)cc1. The number of benzene rings is 4. The third-order valence-electron chi connectivity index (χ3n) is 8.07. The van der Waals surface area contributed by atoms with Crippen LogP contribution in [0.5, 0.6) is 17.2 Å². The Bertz CT molecular complexity index is 1630. The highest BCUT2D eigenvalue weighted by molar-refractivity contribution is 5.98. The number of hydrogen-bond acceptors (Lipinski definition) is 11. The summed E-state index contributed by atoms with van der Waals surface area (Å²) < 4.78 is 38.6. The van der Waals surface area contributed by atoms with Gasteiger partial charge in [-0.2, -0.15) is 0 Å². The number of ketones is 1. The zero-order valence-electron chi connectivity index (χ0n) is 26.2. The summed E-state index contributed by atoms with van der Waals surface area (Å²) in [5, 5.41) is 0. The molecule has 0 amide bonds. The largest absolute Gasteiger partial charge is 0.497 e. The smallest absolute Gasteiger partial charge is 0.343 e. The monoisotopic (exact) mass is 652 g/mol. The number of hydrogen-bond donors (Lipinski definition) is 0. The summed E-state index contributed by atoms with van der Waals surface area (Å²) in [5.41, 5.74) is 2.24. The minimum Gasteiger partial charge on any atom is -0.497 e. The van der Waals surface area contributed by atoms with Crippen molar-refractivity contribution in [2.24, 2.45) is 0 Å². The van der Waals surface area contributed by atoms with Crippen LogP contribution < -0.4 is 14.2 Å². The third kappa shape index (κ3) is 7.38. The number of Topliss-reactive ketones (excluding diaryl/α,β-unsaturated/α-hetero) is 1. The van der Waals surface area contributed by atoms with Crippen LogP contribution in [0.3, 0.4) is 0 Å². The van der Waals surface area contributed by atoms with Crippen LogP contribution in [0.25, 0.3) is 0 Å². The van der Waals surface area contributed by atoms with E-state index >= 15 is 0 Å². The number of esters is 3. The van der Waals surface area contributed by atoms with Crippen LogP contribution >= 0.6 is 0 Å². The van der Waals surface area contributed by atoms with Gasteiger partial charge in [-0.1, -0.05) is 12.1 Å². The van der Waals surface area contributed by atoms with E-state index in [2.05, 4.69) is 0 Å². The second kappa shape index (κ2) is 14.5.